The van der Waals surface area contributed by atoms with Gasteiger partial charge in [0.15, 0.2) is 6.10 Å². The summed E-state index contributed by atoms with van der Waals surface area (Å²) in [6.45, 7) is 0.522. The summed E-state index contributed by atoms with van der Waals surface area (Å²) in [5, 5.41) is 8.21. The molecule has 1 aliphatic carbocycles. The number of ether oxygens (including phenoxy) is 1. The van der Waals surface area contributed by atoms with Crippen molar-refractivity contribution in [2.45, 2.75) is 31.4 Å². The first kappa shape index (κ1) is 15.4. The Balaban J connectivity index is 1.51. The van der Waals surface area contributed by atoms with Crippen LogP contribution in [0.2, 0.25) is 0 Å². The quantitative estimate of drug-likeness (QED) is 0.898. The number of rotatable bonds is 4. The van der Waals surface area contributed by atoms with Gasteiger partial charge in [-0.3, -0.25) is 9.59 Å². The summed E-state index contributed by atoms with van der Waals surface area (Å²) in [6.07, 6.45) is 2.25. The van der Waals surface area contributed by atoms with E-state index in [1.54, 1.807) is 6.07 Å². The van der Waals surface area contributed by atoms with E-state index in [-0.39, 0.29) is 17.9 Å². The molecule has 2 N–H and O–H groups in total. The van der Waals surface area contributed by atoms with Gasteiger partial charge in [0, 0.05) is 6.04 Å². The topological polar surface area (TPSA) is 67.4 Å². The van der Waals surface area contributed by atoms with Crippen LogP contribution in [0.1, 0.15) is 40.4 Å². The van der Waals surface area contributed by atoms with Crippen LogP contribution >= 0.6 is 11.3 Å². The third kappa shape index (κ3) is 3.07. The third-order valence-electron chi connectivity index (χ3n) is 4.29. The van der Waals surface area contributed by atoms with Gasteiger partial charge in [-0.15, -0.1) is 11.3 Å². The van der Waals surface area contributed by atoms with Crippen LogP contribution in [0.5, 0.6) is 0 Å². The maximum absolute atomic E-state index is 12.7. The van der Waals surface area contributed by atoms with Crippen molar-refractivity contribution in [3.8, 4) is 0 Å². The van der Waals surface area contributed by atoms with E-state index in [0.29, 0.717) is 17.2 Å². The monoisotopic (exact) mass is 342 g/mol. The van der Waals surface area contributed by atoms with E-state index >= 15 is 0 Å². The van der Waals surface area contributed by atoms with Crippen molar-refractivity contribution in [3.63, 3.8) is 0 Å². The first-order chi connectivity index (χ1) is 11.7. The van der Waals surface area contributed by atoms with Gasteiger partial charge in [0.25, 0.3) is 11.8 Å². The predicted octanol–water partition coefficient (Wildman–Crippen LogP) is 2.89. The minimum absolute atomic E-state index is 0.126. The Morgan fingerprint density at radius 2 is 2.00 bits per heavy atom. The molecule has 2 aromatic rings. The molecule has 0 saturated heterocycles. The fourth-order valence-electron chi connectivity index (χ4n) is 2.86. The van der Waals surface area contributed by atoms with Crippen LogP contribution in [0.25, 0.3) is 0 Å². The molecule has 0 radical (unpaired) electrons. The van der Waals surface area contributed by atoms with Crippen molar-refractivity contribution in [3.05, 3.63) is 52.4 Å². The SMILES string of the molecule is O=C(NC1CC1)c1ccsc1NC(=O)[C@H]1OCCc2ccccc21. The number of thiophene rings is 1. The molecular weight excluding hydrogens is 324 g/mol. The van der Waals surface area contributed by atoms with Crippen LogP contribution in [0.15, 0.2) is 35.7 Å². The lowest BCUT2D eigenvalue weighted by atomic mass is 9.97. The summed E-state index contributed by atoms with van der Waals surface area (Å²) in [4.78, 5) is 24.9. The molecule has 0 spiro atoms. The fourth-order valence-corrected chi connectivity index (χ4v) is 3.65. The van der Waals surface area contributed by atoms with E-state index in [1.807, 2.05) is 29.6 Å². The predicted molar refractivity (Wildman–Crippen MR) is 92.3 cm³/mol. The molecule has 24 heavy (non-hydrogen) atoms. The molecule has 124 valence electrons. The summed E-state index contributed by atoms with van der Waals surface area (Å²) < 4.78 is 5.68. The second-order valence-electron chi connectivity index (χ2n) is 6.10. The van der Waals surface area contributed by atoms with Crippen LogP contribution in [-0.2, 0) is 16.0 Å². The highest BCUT2D eigenvalue weighted by molar-refractivity contribution is 7.14. The molecule has 1 atom stereocenters. The molecule has 0 bridgehead atoms. The standard InChI is InChI=1S/C18H18N2O3S/c21-16(19-12-5-6-12)14-8-10-24-18(14)20-17(22)15-13-4-2-1-3-11(13)7-9-23-15/h1-4,8,10,12,15H,5-7,9H2,(H,19,21)(H,20,22)/t15-/m0/s1. The van der Waals surface area contributed by atoms with Gasteiger partial charge in [-0.25, -0.2) is 0 Å². The number of carbonyl (C=O) groups is 2. The van der Waals surface area contributed by atoms with Crippen molar-refractivity contribution in [1.82, 2.24) is 5.32 Å². The van der Waals surface area contributed by atoms with E-state index in [0.717, 1.165) is 30.4 Å². The summed E-state index contributed by atoms with van der Waals surface area (Å²) in [5.41, 5.74) is 2.56. The molecule has 2 aliphatic rings. The zero-order valence-corrected chi connectivity index (χ0v) is 13.9. The average molecular weight is 342 g/mol. The molecule has 1 aromatic heterocycles. The minimum Gasteiger partial charge on any atom is -0.363 e. The number of nitrogens with one attached hydrogen (secondary N) is 2. The van der Waals surface area contributed by atoms with Crippen molar-refractivity contribution < 1.29 is 14.3 Å². The van der Waals surface area contributed by atoms with Gasteiger partial charge in [0.2, 0.25) is 0 Å². The van der Waals surface area contributed by atoms with Crippen molar-refractivity contribution in [2.75, 3.05) is 11.9 Å². The van der Waals surface area contributed by atoms with Crippen molar-refractivity contribution >= 4 is 28.2 Å². The molecule has 2 heterocycles. The Morgan fingerprint density at radius 3 is 2.83 bits per heavy atom. The largest absolute Gasteiger partial charge is 0.363 e. The summed E-state index contributed by atoms with van der Waals surface area (Å²) in [7, 11) is 0. The fraction of sp³-hybridized carbons (Fsp3) is 0.333. The highest BCUT2D eigenvalue weighted by Crippen LogP contribution is 2.30. The third-order valence-corrected chi connectivity index (χ3v) is 5.12. The number of hydrogen-bond acceptors (Lipinski definition) is 4. The lowest BCUT2D eigenvalue weighted by molar-refractivity contribution is -0.128. The van der Waals surface area contributed by atoms with Gasteiger partial charge >= 0.3 is 0 Å². The number of fused-ring (bicyclic) bond motifs is 1. The van der Waals surface area contributed by atoms with E-state index in [2.05, 4.69) is 10.6 Å². The lowest BCUT2D eigenvalue weighted by Gasteiger charge is -2.25. The maximum atomic E-state index is 12.7. The molecule has 1 aliphatic heterocycles. The Labute approximate surface area is 144 Å². The molecule has 4 rings (SSSR count). The van der Waals surface area contributed by atoms with Crippen LogP contribution in [0, 0.1) is 0 Å². The van der Waals surface area contributed by atoms with Crippen LogP contribution < -0.4 is 10.6 Å². The second kappa shape index (κ2) is 6.37. The number of amides is 2. The molecule has 5 nitrogen and oxygen atoms in total. The van der Waals surface area contributed by atoms with Gasteiger partial charge < -0.3 is 15.4 Å². The smallest absolute Gasteiger partial charge is 0.258 e. The van der Waals surface area contributed by atoms with Crippen LogP contribution in [0.4, 0.5) is 5.00 Å². The van der Waals surface area contributed by atoms with Crippen molar-refractivity contribution in [1.29, 1.82) is 0 Å². The zero-order chi connectivity index (χ0) is 16.5. The molecule has 2 amide bonds. The minimum atomic E-state index is -0.628. The Kier molecular flexibility index (Phi) is 4.08. The Bertz CT molecular complexity index is 782. The number of benzene rings is 1. The normalized spacial score (nSPS) is 19.4. The van der Waals surface area contributed by atoms with Gasteiger partial charge in [0.1, 0.15) is 5.00 Å². The van der Waals surface area contributed by atoms with Crippen LogP contribution in [0.3, 0.4) is 0 Å². The maximum Gasteiger partial charge on any atom is 0.258 e. The van der Waals surface area contributed by atoms with Gasteiger partial charge in [0.05, 0.1) is 12.2 Å². The summed E-state index contributed by atoms with van der Waals surface area (Å²) in [6, 6.07) is 9.86. The van der Waals surface area contributed by atoms with Crippen LogP contribution in [-0.4, -0.2) is 24.5 Å². The Hall–Kier alpha value is -2.18. The van der Waals surface area contributed by atoms with Gasteiger partial charge in [-0.05, 0) is 41.8 Å². The average Bonchev–Trinajstić information content (AvgIpc) is 3.29. The second-order valence-corrected chi connectivity index (χ2v) is 7.02. The molecule has 1 saturated carbocycles. The number of anilines is 1. The van der Waals surface area contributed by atoms with E-state index in [1.165, 1.54) is 11.3 Å². The highest BCUT2D eigenvalue weighted by Gasteiger charge is 2.29. The molecule has 1 aromatic carbocycles. The number of hydrogen-bond donors (Lipinski definition) is 2. The van der Waals surface area contributed by atoms with Crippen molar-refractivity contribution in [2.24, 2.45) is 0 Å². The molecule has 0 unspecified atom stereocenters. The van der Waals surface area contributed by atoms with E-state index in [4.69, 9.17) is 4.74 Å². The van der Waals surface area contributed by atoms with Gasteiger partial charge in [-0.1, -0.05) is 24.3 Å². The highest BCUT2D eigenvalue weighted by atomic mass is 32.1. The molecular formula is C18H18N2O3S. The van der Waals surface area contributed by atoms with E-state index in [9.17, 15) is 9.59 Å². The summed E-state index contributed by atoms with van der Waals surface area (Å²) >= 11 is 1.35. The lowest BCUT2D eigenvalue weighted by Crippen LogP contribution is -2.30. The first-order valence-corrected chi connectivity index (χ1v) is 8.99. The first-order valence-electron chi connectivity index (χ1n) is 8.11. The summed E-state index contributed by atoms with van der Waals surface area (Å²) in [5.74, 6) is -0.357. The van der Waals surface area contributed by atoms with Gasteiger partial charge in [-0.2, -0.15) is 0 Å². The number of carbonyl (C=O) groups excluding carboxylic acids is 2. The Morgan fingerprint density at radius 1 is 1.17 bits per heavy atom. The molecule has 1 fully saturated rings. The molecule has 6 heteroatoms. The zero-order valence-electron chi connectivity index (χ0n) is 13.1. The van der Waals surface area contributed by atoms with E-state index < -0.39 is 6.10 Å².